The summed E-state index contributed by atoms with van der Waals surface area (Å²) in [6.45, 7) is 4.73. The van der Waals surface area contributed by atoms with Crippen LogP contribution in [0.1, 0.15) is 24.2 Å². The molecule has 1 aliphatic carbocycles. The van der Waals surface area contributed by atoms with Crippen molar-refractivity contribution in [2.45, 2.75) is 26.7 Å². The molecule has 5 nitrogen and oxygen atoms in total. The third kappa shape index (κ3) is 2.18. The van der Waals surface area contributed by atoms with Gasteiger partial charge in [0.05, 0.1) is 23.5 Å². The van der Waals surface area contributed by atoms with Crippen LogP contribution in [-0.4, -0.2) is 26.0 Å². The van der Waals surface area contributed by atoms with E-state index >= 15 is 0 Å². The monoisotopic (exact) mass is 346 g/mol. The van der Waals surface area contributed by atoms with Crippen molar-refractivity contribution in [2.75, 3.05) is 6.61 Å². The van der Waals surface area contributed by atoms with E-state index in [-0.39, 0.29) is 0 Å². The first-order valence-electron chi connectivity index (χ1n) is 7.08. The maximum Gasteiger partial charge on any atom is 0.215 e. The van der Waals surface area contributed by atoms with Gasteiger partial charge in [-0.3, -0.25) is 4.40 Å². The maximum atomic E-state index is 5.78. The summed E-state index contributed by atoms with van der Waals surface area (Å²) >= 11 is 3.51. The van der Waals surface area contributed by atoms with Gasteiger partial charge in [0.15, 0.2) is 10.4 Å². The van der Waals surface area contributed by atoms with Gasteiger partial charge in [-0.15, -0.1) is 0 Å². The Morgan fingerprint density at radius 1 is 1.19 bits per heavy atom. The van der Waals surface area contributed by atoms with Crippen molar-refractivity contribution in [1.82, 2.24) is 19.4 Å². The number of rotatable bonds is 3. The molecule has 1 aliphatic rings. The molecule has 1 saturated carbocycles. The van der Waals surface area contributed by atoms with Gasteiger partial charge in [-0.25, -0.2) is 9.97 Å². The van der Waals surface area contributed by atoms with Crippen molar-refractivity contribution in [2.24, 2.45) is 5.92 Å². The molecular formula is C15H15BrN4O. The standard InChI is InChI=1S/C15H15BrN4O/c1-8-13-9(2)18-15(16)20(13)14-11(17-8)5-6-12(19-14)21-7-10-3-4-10/h5-6,10H,3-4,7H2,1-2H3. The number of ether oxygens (including phenoxy) is 1. The third-order valence-electron chi connectivity index (χ3n) is 3.85. The van der Waals surface area contributed by atoms with Crippen LogP contribution in [-0.2, 0) is 0 Å². The molecule has 3 aromatic rings. The fourth-order valence-corrected chi connectivity index (χ4v) is 3.20. The number of aryl methyl sites for hydroxylation is 2. The summed E-state index contributed by atoms with van der Waals surface area (Å²) in [6.07, 6.45) is 2.54. The van der Waals surface area contributed by atoms with Crippen LogP contribution in [0.25, 0.3) is 16.7 Å². The lowest BCUT2D eigenvalue weighted by Crippen LogP contribution is -2.03. The second kappa shape index (κ2) is 4.66. The lowest BCUT2D eigenvalue weighted by molar-refractivity contribution is 0.289. The highest BCUT2D eigenvalue weighted by atomic mass is 79.9. The number of nitrogens with zero attached hydrogens (tertiary/aromatic N) is 4. The van der Waals surface area contributed by atoms with Gasteiger partial charge in [0.2, 0.25) is 5.88 Å². The molecule has 0 N–H and O–H groups in total. The van der Waals surface area contributed by atoms with Crippen molar-refractivity contribution in [3.8, 4) is 5.88 Å². The Bertz CT molecular complexity index is 854. The van der Waals surface area contributed by atoms with Gasteiger partial charge in [0.1, 0.15) is 5.52 Å². The zero-order valence-corrected chi connectivity index (χ0v) is 13.5. The van der Waals surface area contributed by atoms with Crippen LogP contribution in [0.2, 0.25) is 0 Å². The van der Waals surface area contributed by atoms with Crippen LogP contribution in [0, 0.1) is 19.8 Å². The number of hydrogen-bond acceptors (Lipinski definition) is 4. The minimum Gasteiger partial charge on any atom is -0.477 e. The average molecular weight is 347 g/mol. The van der Waals surface area contributed by atoms with Crippen LogP contribution in [0.4, 0.5) is 0 Å². The van der Waals surface area contributed by atoms with Gasteiger partial charge in [0, 0.05) is 6.07 Å². The Labute approximate surface area is 130 Å². The summed E-state index contributed by atoms with van der Waals surface area (Å²) in [5.41, 5.74) is 4.51. The second-order valence-electron chi connectivity index (χ2n) is 5.59. The van der Waals surface area contributed by atoms with E-state index in [0.29, 0.717) is 11.8 Å². The highest BCUT2D eigenvalue weighted by Crippen LogP contribution is 2.30. The number of hydrogen-bond donors (Lipinski definition) is 0. The largest absolute Gasteiger partial charge is 0.477 e. The summed E-state index contributed by atoms with van der Waals surface area (Å²) in [5, 5.41) is 0. The fraction of sp³-hybridized carbons (Fsp3) is 0.400. The molecule has 1 fully saturated rings. The van der Waals surface area contributed by atoms with Crippen molar-refractivity contribution in [3.63, 3.8) is 0 Å². The molecule has 0 aliphatic heterocycles. The number of imidazole rings is 1. The average Bonchev–Trinajstić information content (AvgIpc) is 3.22. The Hall–Kier alpha value is -1.69. The number of fused-ring (bicyclic) bond motifs is 3. The third-order valence-corrected chi connectivity index (χ3v) is 4.38. The maximum absolute atomic E-state index is 5.78. The summed E-state index contributed by atoms with van der Waals surface area (Å²) in [7, 11) is 0. The van der Waals surface area contributed by atoms with E-state index in [2.05, 4.69) is 30.9 Å². The zero-order chi connectivity index (χ0) is 14.6. The molecular weight excluding hydrogens is 332 g/mol. The van der Waals surface area contributed by atoms with Gasteiger partial charge in [-0.2, -0.15) is 4.98 Å². The second-order valence-corrected chi connectivity index (χ2v) is 6.30. The smallest absolute Gasteiger partial charge is 0.215 e. The van der Waals surface area contributed by atoms with Gasteiger partial charge < -0.3 is 4.74 Å². The molecule has 0 spiro atoms. The molecule has 0 atom stereocenters. The number of halogens is 1. The summed E-state index contributed by atoms with van der Waals surface area (Å²) < 4.78 is 8.52. The number of pyridine rings is 1. The van der Waals surface area contributed by atoms with Crippen molar-refractivity contribution < 1.29 is 4.74 Å². The van der Waals surface area contributed by atoms with Crippen molar-refractivity contribution >= 4 is 32.6 Å². The summed E-state index contributed by atoms with van der Waals surface area (Å²) in [5.74, 6) is 1.36. The van der Waals surface area contributed by atoms with Gasteiger partial charge in [0.25, 0.3) is 0 Å². The van der Waals surface area contributed by atoms with E-state index in [4.69, 9.17) is 4.74 Å². The zero-order valence-electron chi connectivity index (χ0n) is 11.9. The highest BCUT2D eigenvalue weighted by Gasteiger charge is 2.22. The molecule has 0 aromatic carbocycles. The molecule has 0 bridgehead atoms. The van der Waals surface area contributed by atoms with E-state index in [1.165, 1.54) is 12.8 Å². The molecule has 21 heavy (non-hydrogen) atoms. The molecule has 3 aromatic heterocycles. The predicted molar refractivity (Wildman–Crippen MR) is 83.7 cm³/mol. The van der Waals surface area contributed by atoms with Crippen LogP contribution in [0.3, 0.4) is 0 Å². The van der Waals surface area contributed by atoms with E-state index in [1.807, 2.05) is 30.4 Å². The molecule has 3 heterocycles. The van der Waals surface area contributed by atoms with Crippen LogP contribution < -0.4 is 4.74 Å². The topological polar surface area (TPSA) is 52.3 Å². The molecule has 6 heteroatoms. The Morgan fingerprint density at radius 2 is 1.95 bits per heavy atom. The molecule has 0 radical (unpaired) electrons. The lowest BCUT2D eigenvalue weighted by atomic mass is 10.3. The van der Waals surface area contributed by atoms with E-state index in [0.717, 1.165) is 39.4 Å². The number of aromatic nitrogens is 4. The molecule has 0 unspecified atom stereocenters. The van der Waals surface area contributed by atoms with Crippen LogP contribution >= 0.6 is 15.9 Å². The summed E-state index contributed by atoms with van der Waals surface area (Å²) in [6, 6.07) is 3.85. The molecule has 108 valence electrons. The van der Waals surface area contributed by atoms with Gasteiger partial charge >= 0.3 is 0 Å². The van der Waals surface area contributed by atoms with Crippen LogP contribution in [0.5, 0.6) is 5.88 Å². The van der Waals surface area contributed by atoms with Crippen molar-refractivity contribution in [3.05, 3.63) is 28.3 Å². The quantitative estimate of drug-likeness (QED) is 0.728. The minimum atomic E-state index is 0.652. The molecule has 0 saturated heterocycles. The minimum absolute atomic E-state index is 0.652. The SMILES string of the molecule is Cc1nc(Br)n2c1c(C)nc1ccc(OCC3CC3)nc12. The molecule has 4 rings (SSSR count). The predicted octanol–water partition coefficient (Wildman–Crippen LogP) is 3.45. The Balaban J connectivity index is 1.91. The summed E-state index contributed by atoms with van der Waals surface area (Å²) in [4.78, 5) is 13.7. The van der Waals surface area contributed by atoms with E-state index < -0.39 is 0 Å². The first-order valence-corrected chi connectivity index (χ1v) is 7.87. The fourth-order valence-electron chi connectivity index (χ4n) is 2.59. The van der Waals surface area contributed by atoms with E-state index in [1.54, 1.807) is 0 Å². The first-order chi connectivity index (χ1) is 10.1. The highest BCUT2D eigenvalue weighted by molar-refractivity contribution is 9.10. The molecule has 0 amide bonds. The first kappa shape index (κ1) is 13.0. The van der Waals surface area contributed by atoms with Gasteiger partial charge in [-0.1, -0.05) is 0 Å². The Morgan fingerprint density at radius 3 is 2.71 bits per heavy atom. The lowest BCUT2D eigenvalue weighted by Gasteiger charge is -2.08. The van der Waals surface area contributed by atoms with Gasteiger partial charge in [-0.05, 0) is 54.6 Å². The Kier molecular flexibility index (Phi) is 2.89. The van der Waals surface area contributed by atoms with Crippen molar-refractivity contribution in [1.29, 1.82) is 0 Å². The van der Waals surface area contributed by atoms with Crippen LogP contribution in [0.15, 0.2) is 16.9 Å². The van der Waals surface area contributed by atoms with E-state index in [9.17, 15) is 0 Å². The normalized spacial score (nSPS) is 15.0.